The monoisotopic (exact) mass is 389 g/mol. The van der Waals surface area contributed by atoms with Gasteiger partial charge in [-0.2, -0.15) is 0 Å². The molecule has 146 valence electrons. The number of fused-ring (bicyclic) bond motifs is 3. The molecule has 0 aliphatic rings. The van der Waals surface area contributed by atoms with Gasteiger partial charge in [-0.25, -0.2) is 4.98 Å². The Morgan fingerprint density at radius 2 is 1.90 bits per heavy atom. The highest BCUT2D eigenvalue weighted by Crippen LogP contribution is 2.33. The molecule has 2 aromatic heterocycles. The Labute approximate surface area is 166 Å². The summed E-state index contributed by atoms with van der Waals surface area (Å²) in [5.74, 6) is -0.987. The Hall–Kier alpha value is -3.87. The summed E-state index contributed by atoms with van der Waals surface area (Å²) in [5, 5.41) is 13.3. The molecule has 4 rings (SSSR count). The number of H-pyrrole nitrogens is 1. The number of amides is 1. The molecule has 0 unspecified atom stereocenters. The van der Waals surface area contributed by atoms with Crippen molar-refractivity contribution >= 4 is 33.7 Å². The predicted octanol–water partition coefficient (Wildman–Crippen LogP) is 3.59. The molecule has 7 heteroatoms. The van der Waals surface area contributed by atoms with E-state index in [0.29, 0.717) is 11.4 Å². The van der Waals surface area contributed by atoms with E-state index in [9.17, 15) is 9.59 Å². The summed E-state index contributed by atoms with van der Waals surface area (Å²) >= 11 is 0. The number of ether oxygens (including phenoxy) is 1. The first-order valence-electron chi connectivity index (χ1n) is 9.07. The third kappa shape index (κ3) is 3.38. The van der Waals surface area contributed by atoms with Gasteiger partial charge in [0.1, 0.15) is 17.5 Å². The number of carboxylic acids is 1. The van der Waals surface area contributed by atoms with Crippen LogP contribution in [0.2, 0.25) is 0 Å². The van der Waals surface area contributed by atoms with Crippen LogP contribution < -0.4 is 10.1 Å². The maximum atomic E-state index is 12.7. The van der Waals surface area contributed by atoms with Crippen LogP contribution in [0.3, 0.4) is 0 Å². The fraction of sp³-hybridized carbons (Fsp3) is 0.136. The normalized spacial score (nSPS) is 12.1. The number of aliphatic carboxylic acids is 1. The average Bonchev–Trinajstić information content (AvgIpc) is 3.11. The fourth-order valence-corrected chi connectivity index (χ4v) is 3.27. The molecule has 2 heterocycles. The lowest BCUT2D eigenvalue weighted by atomic mass is 10.1. The van der Waals surface area contributed by atoms with Crippen molar-refractivity contribution < 1.29 is 19.4 Å². The first-order valence-corrected chi connectivity index (χ1v) is 9.07. The van der Waals surface area contributed by atoms with Crippen molar-refractivity contribution in [3.05, 3.63) is 60.3 Å². The number of benzene rings is 2. The topological polar surface area (TPSA) is 104 Å². The Bertz CT molecular complexity index is 1250. The van der Waals surface area contributed by atoms with E-state index in [1.165, 1.54) is 6.92 Å². The highest BCUT2D eigenvalue weighted by Gasteiger charge is 2.20. The lowest BCUT2D eigenvalue weighted by molar-refractivity contribution is -0.138. The zero-order valence-corrected chi connectivity index (χ0v) is 15.9. The van der Waals surface area contributed by atoms with Crippen molar-refractivity contribution in [2.75, 3.05) is 7.11 Å². The first-order chi connectivity index (χ1) is 14.0. The summed E-state index contributed by atoms with van der Waals surface area (Å²) in [7, 11) is 1.59. The minimum absolute atomic E-state index is 0.146. The van der Waals surface area contributed by atoms with E-state index in [2.05, 4.69) is 15.3 Å². The van der Waals surface area contributed by atoms with Gasteiger partial charge in [-0.05, 0) is 31.2 Å². The van der Waals surface area contributed by atoms with Crippen molar-refractivity contribution in [1.82, 2.24) is 15.3 Å². The number of carbonyl (C=O) groups excluding carboxylic acids is 1. The molecule has 4 aromatic rings. The van der Waals surface area contributed by atoms with Gasteiger partial charge in [0.05, 0.1) is 18.3 Å². The van der Waals surface area contributed by atoms with Gasteiger partial charge in [0.25, 0.3) is 5.91 Å². The molecule has 1 atom stereocenters. The average molecular weight is 389 g/mol. The molecule has 7 nitrogen and oxygen atoms in total. The number of para-hydroxylation sites is 1. The smallest absolute Gasteiger partial charge is 0.325 e. The van der Waals surface area contributed by atoms with Crippen LogP contribution in [0.4, 0.5) is 0 Å². The van der Waals surface area contributed by atoms with E-state index < -0.39 is 17.9 Å². The molecular weight excluding hydrogens is 370 g/mol. The van der Waals surface area contributed by atoms with Gasteiger partial charge in [-0.15, -0.1) is 0 Å². The van der Waals surface area contributed by atoms with Crippen LogP contribution in [-0.2, 0) is 4.79 Å². The van der Waals surface area contributed by atoms with Gasteiger partial charge in [0.15, 0.2) is 0 Å². The fourth-order valence-electron chi connectivity index (χ4n) is 3.27. The number of nitrogens with zero attached hydrogens (tertiary/aromatic N) is 1. The summed E-state index contributed by atoms with van der Waals surface area (Å²) in [6.45, 7) is 1.41. The van der Waals surface area contributed by atoms with Gasteiger partial charge in [0, 0.05) is 21.9 Å². The Morgan fingerprint density at radius 1 is 1.10 bits per heavy atom. The third-order valence-corrected chi connectivity index (χ3v) is 4.79. The number of carboxylic acid groups (broad SMARTS) is 1. The number of nitrogens with one attached hydrogen (secondary N) is 2. The van der Waals surface area contributed by atoms with Crippen molar-refractivity contribution in [3.8, 4) is 17.0 Å². The maximum absolute atomic E-state index is 12.7. The minimum atomic E-state index is -1.11. The van der Waals surface area contributed by atoms with Crippen LogP contribution in [0, 0.1) is 0 Å². The zero-order valence-electron chi connectivity index (χ0n) is 15.9. The summed E-state index contributed by atoms with van der Waals surface area (Å²) in [4.78, 5) is 31.8. The number of aromatic amines is 1. The molecule has 3 N–H and O–H groups in total. The van der Waals surface area contributed by atoms with Gasteiger partial charge in [-0.1, -0.05) is 30.3 Å². The van der Waals surface area contributed by atoms with Crippen molar-refractivity contribution in [3.63, 3.8) is 0 Å². The third-order valence-electron chi connectivity index (χ3n) is 4.79. The van der Waals surface area contributed by atoms with Crippen molar-refractivity contribution in [2.24, 2.45) is 0 Å². The predicted molar refractivity (Wildman–Crippen MR) is 110 cm³/mol. The van der Waals surface area contributed by atoms with Gasteiger partial charge < -0.3 is 20.1 Å². The lowest BCUT2D eigenvalue weighted by Gasteiger charge is -2.11. The number of hydrogen-bond acceptors (Lipinski definition) is 4. The van der Waals surface area contributed by atoms with Gasteiger partial charge >= 0.3 is 5.97 Å². The minimum Gasteiger partial charge on any atom is -0.497 e. The molecule has 0 radical (unpaired) electrons. The summed E-state index contributed by atoms with van der Waals surface area (Å²) in [5.41, 5.74) is 3.23. The van der Waals surface area contributed by atoms with Gasteiger partial charge in [-0.3, -0.25) is 9.59 Å². The molecule has 0 saturated heterocycles. The van der Waals surface area contributed by atoms with E-state index >= 15 is 0 Å². The maximum Gasteiger partial charge on any atom is 0.325 e. The number of methoxy groups -OCH3 is 1. The summed E-state index contributed by atoms with van der Waals surface area (Å²) in [6, 6.07) is 15.8. The van der Waals surface area contributed by atoms with E-state index in [0.717, 1.165) is 27.4 Å². The molecule has 0 spiro atoms. The van der Waals surface area contributed by atoms with Gasteiger partial charge in [0.2, 0.25) is 0 Å². The molecule has 29 heavy (non-hydrogen) atoms. The summed E-state index contributed by atoms with van der Waals surface area (Å²) in [6.07, 6.45) is 0. The van der Waals surface area contributed by atoms with Crippen molar-refractivity contribution in [1.29, 1.82) is 0 Å². The van der Waals surface area contributed by atoms with Crippen LogP contribution >= 0.6 is 0 Å². The van der Waals surface area contributed by atoms with Crippen LogP contribution in [0.5, 0.6) is 5.75 Å². The Morgan fingerprint density at radius 3 is 2.66 bits per heavy atom. The molecule has 0 saturated carbocycles. The van der Waals surface area contributed by atoms with E-state index in [-0.39, 0.29) is 5.69 Å². The Kier molecular flexibility index (Phi) is 4.64. The van der Waals surface area contributed by atoms with E-state index in [1.54, 1.807) is 13.2 Å². The van der Waals surface area contributed by atoms with E-state index in [1.807, 2.05) is 48.5 Å². The van der Waals surface area contributed by atoms with Crippen LogP contribution in [0.1, 0.15) is 17.4 Å². The molecular formula is C22H19N3O4. The number of rotatable bonds is 5. The van der Waals surface area contributed by atoms with Crippen LogP contribution in [0.15, 0.2) is 54.6 Å². The number of aromatic nitrogens is 2. The quantitative estimate of drug-likeness (QED) is 0.484. The molecule has 0 aliphatic carbocycles. The SMILES string of the molecule is COc1cccc(-c2nc(C(=O)N[C@@H](C)C(=O)O)cc3c2[nH]c2ccccc23)c1. The molecule has 0 fully saturated rings. The first kappa shape index (κ1) is 18.5. The Balaban J connectivity index is 1.95. The highest BCUT2D eigenvalue weighted by atomic mass is 16.5. The molecule has 2 aromatic carbocycles. The molecule has 1 amide bonds. The number of pyridine rings is 1. The van der Waals surface area contributed by atoms with Crippen LogP contribution in [-0.4, -0.2) is 40.1 Å². The molecule has 0 aliphatic heterocycles. The van der Waals surface area contributed by atoms with E-state index in [4.69, 9.17) is 9.84 Å². The second kappa shape index (κ2) is 7.27. The lowest BCUT2D eigenvalue weighted by Crippen LogP contribution is -2.38. The second-order valence-electron chi connectivity index (χ2n) is 6.71. The van der Waals surface area contributed by atoms with Crippen molar-refractivity contribution in [2.45, 2.75) is 13.0 Å². The summed E-state index contributed by atoms with van der Waals surface area (Å²) < 4.78 is 5.32. The van der Waals surface area contributed by atoms with Crippen LogP contribution in [0.25, 0.3) is 33.1 Å². The number of carbonyl (C=O) groups is 2. The second-order valence-corrected chi connectivity index (χ2v) is 6.71. The standard InChI is InChI=1S/C22H19N3O4/c1-12(22(27)28)23-21(26)18-11-16-15-8-3-4-9-17(15)24-20(16)19(25-18)13-6-5-7-14(10-13)29-2/h3-12,24H,1-2H3,(H,23,26)(H,27,28)/t12-/m0/s1. The molecule has 0 bridgehead atoms. The zero-order chi connectivity index (χ0) is 20.5. The number of hydrogen-bond donors (Lipinski definition) is 3. The largest absolute Gasteiger partial charge is 0.497 e. The highest BCUT2D eigenvalue weighted by molar-refractivity contribution is 6.13.